The second kappa shape index (κ2) is 11.4. The minimum absolute atomic E-state index is 0.112. The molecule has 3 aromatic carbocycles. The van der Waals surface area contributed by atoms with Crippen molar-refractivity contribution in [3.8, 4) is 11.5 Å². The van der Waals surface area contributed by atoms with Crippen molar-refractivity contribution >= 4 is 23.7 Å². The van der Waals surface area contributed by atoms with E-state index in [2.05, 4.69) is 15.8 Å². The third kappa shape index (κ3) is 6.86. The number of para-hydroxylation sites is 1. The lowest BCUT2D eigenvalue weighted by Crippen LogP contribution is -2.32. The topological polar surface area (TPSA) is 89.0 Å². The number of amides is 2. The van der Waals surface area contributed by atoms with Crippen molar-refractivity contribution in [3.05, 3.63) is 89.5 Å². The van der Waals surface area contributed by atoms with Crippen molar-refractivity contribution in [2.75, 3.05) is 11.9 Å². The Morgan fingerprint density at radius 1 is 0.939 bits per heavy atom. The number of ether oxygens (including phenoxy) is 2. The van der Waals surface area contributed by atoms with E-state index in [-0.39, 0.29) is 18.1 Å². The Bertz CT molecular complexity index is 1150. The molecule has 0 aliphatic heterocycles. The van der Waals surface area contributed by atoms with Gasteiger partial charge in [-0.3, -0.25) is 9.59 Å². The minimum atomic E-state index is -1.06. The molecule has 0 bridgehead atoms. The zero-order valence-corrected chi connectivity index (χ0v) is 17.7. The molecule has 0 radical (unpaired) electrons. The van der Waals surface area contributed by atoms with Gasteiger partial charge in [0.25, 0.3) is 0 Å². The zero-order chi connectivity index (χ0) is 23.6. The molecule has 0 saturated carbocycles. The Balaban J connectivity index is 1.59. The van der Waals surface area contributed by atoms with E-state index in [4.69, 9.17) is 9.47 Å². The van der Waals surface area contributed by atoms with E-state index in [1.165, 1.54) is 36.5 Å². The lowest BCUT2D eigenvalue weighted by molar-refractivity contribution is -0.136. The summed E-state index contributed by atoms with van der Waals surface area (Å²) in [6.45, 7) is 2.43. The molecular weight excluding hydrogens is 432 g/mol. The van der Waals surface area contributed by atoms with Crippen LogP contribution in [0.15, 0.2) is 71.8 Å². The number of carbonyl (C=O) groups excluding carboxylic acids is 2. The van der Waals surface area contributed by atoms with Gasteiger partial charge in [-0.2, -0.15) is 5.10 Å². The second-order valence-electron chi connectivity index (χ2n) is 6.69. The number of hydrazone groups is 1. The molecule has 0 spiro atoms. The number of nitrogens with one attached hydrogen (secondary N) is 2. The fraction of sp³-hybridized carbons (Fsp3) is 0.125. The summed E-state index contributed by atoms with van der Waals surface area (Å²) >= 11 is 0. The lowest BCUT2D eigenvalue weighted by atomic mass is 10.2. The number of anilines is 1. The molecule has 9 heteroatoms. The Morgan fingerprint density at radius 3 is 2.42 bits per heavy atom. The summed E-state index contributed by atoms with van der Waals surface area (Å²) in [5.41, 5.74) is 3.33. The molecule has 33 heavy (non-hydrogen) atoms. The summed E-state index contributed by atoms with van der Waals surface area (Å²) in [5.74, 6) is -2.17. The highest BCUT2D eigenvalue weighted by molar-refractivity contribution is 6.39. The van der Waals surface area contributed by atoms with Crippen LogP contribution in [0.4, 0.5) is 14.5 Å². The highest BCUT2D eigenvalue weighted by Gasteiger charge is 2.14. The van der Waals surface area contributed by atoms with E-state index >= 15 is 0 Å². The molecule has 3 aromatic rings. The van der Waals surface area contributed by atoms with Crippen LogP contribution < -0.4 is 20.2 Å². The van der Waals surface area contributed by atoms with Crippen LogP contribution in [0.25, 0.3) is 0 Å². The molecule has 2 amide bonds. The standard InChI is InChI=1S/C24H21F2N3O4/c1-2-32-22-13-17(9-12-21(22)33-15-16-7-10-18(25)11-8-16)14-27-29-24(31)23(30)28-20-6-4-3-5-19(20)26/h3-14H,2,15H2,1H3,(H,28,30)(H,29,31). The summed E-state index contributed by atoms with van der Waals surface area (Å²) in [7, 11) is 0. The molecule has 0 saturated heterocycles. The fourth-order valence-electron chi connectivity index (χ4n) is 2.69. The lowest BCUT2D eigenvalue weighted by Gasteiger charge is -2.12. The SMILES string of the molecule is CCOc1cc(C=NNC(=O)C(=O)Nc2ccccc2F)ccc1OCc1ccc(F)cc1. The van der Waals surface area contributed by atoms with Crippen LogP contribution in [-0.2, 0) is 16.2 Å². The number of rotatable bonds is 8. The number of hydrogen-bond donors (Lipinski definition) is 2. The molecule has 0 aliphatic carbocycles. The van der Waals surface area contributed by atoms with Gasteiger partial charge in [-0.05, 0) is 60.5 Å². The summed E-state index contributed by atoms with van der Waals surface area (Å²) in [6, 6.07) is 16.4. The molecule has 7 nitrogen and oxygen atoms in total. The first-order valence-electron chi connectivity index (χ1n) is 9.99. The molecule has 0 heterocycles. The molecular formula is C24H21F2N3O4. The highest BCUT2D eigenvalue weighted by atomic mass is 19.1. The molecule has 0 aromatic heterocycles. The molecule has 0 aliphatic rings. The van der Waals surface area contributed by atoms with Crippen LogP contribution in [0.1, 0.15) is 18.1 Å². The first kappa shape index (κ1) is 23.4. The molecule has 0 atom stereocenters. The normalized spacial score (nSPS) is 10.6. The Hall–Kier alpha value is -4.27. The van der Waals surface area contributed by atoms with Gasteiger partial charge < -0.3 is 14.8 Å². The maximum Gasteiger partial charge on any atom is 0.329 e. The number of benzene rings is 3. The van der Waals surface area contributed by atoms with Gasteiger partial charge in [-0.1, -0.05) is 24.3 Å². The van der Waals surface area contributed by atoms with Crippen LogP contribution in [0, 0.1) is 11.6 Å². The van der Waals surface area contributed by atoms with Crippen molar-refractivity contribution in [3.63, 3.8) is 0 Å². The van der Waals surface area contributed by atoms with Gasteiger partial charge in [0.1, 0.15) is 18.2 Å². The van der Waals surface area contributed by atoms with Gasteiger partial charge in [0, 0.05) is 0 Å². The van der Waals surface area contributed by atoms with Gasteiger partial charge in [0.05, 0.1) is 18.5 Å². The zero-order valence-electron chi connectivity index (χ0n) is 17.7. The Morgan fingerprint density at radius 2 is 1.70 bits per heavy atom. The third-order valence-corrected chi connectivity index (χ3v) is 4.28. The Labute approximate surface area is 189 Å². The highest BCUT2D eigenvalue weighted by Crippen LogP contribution is 2.29. The van der Waals surface area contributed by atoms with Crippen molar-refractivity contribution in [2.45, 2.75) is 13.5 Å². The first-order chi connectivity index (χ1) is 16.0. The summed E-state index contributed by atoms with van der Waals surface area (Å²) in [4.78, 5) is 23.8. The van der Waals surface area contributed by atoms with Gasteiger partial charge in [-0.25, -0.2) is 14.2 Å². The average Bonchev–Trinajstić information content (AvgIpc) is 2.81. The van der Waals surface area contributed by atoms with Crippen LogP contribution in [0.3, 0.4) is 0 Å². The van der Waals surface area contributed by atoms with E-state index in [0.29, 0.717) is 23.7 Å². The quantitative estimate of drug-likeness (QED) is 0.306. The van der Waals surface area contributed by atoms with Gasteiger partial charge in [-0.15, -0.1) is 0 Å². The van der Waals surface area contributed by atoms with E-state index < -0.39 is 17.6 Å². The summed E-state index contributed by atoms with van der Waals surface area (Å²) < 4.78 is 38.0. The predicted octanol–water partition coefficient (Wildman–Crippen LogP) is 4.03. The van der Waals surface area contributed by atoms with E-state index in [1.807, 2.05) is 6.92 Å². The van der Waals surface area contributed by atoms with Crippen molar-refractivity contribution < 1.29 is 27.8 Å². The summed E-state index contributed by atoms with van der Waals surface area (Å²) in [5, 5.41) is 5.91. The maximum atomic E-state index is 13.6. The second-order valence-corrected chi connectivity index (χ2v) is 6.69. The molecule has 3 rings (SSSR count). The average molecular weight is 453 g/mol. The largest absolute Gasteiger partial charge is 0.490 e. The van der Waals surface area contributed by atoms with Crippen LogP contribution in [0.5, 0.6) is 11.5 Å². The number of halogens is 2. The van der Waals surface area contributed by atoms with Crippen LogP contribution in [-0.4, -0.2) is 24.6 Å². The summed E-state index contributed by atoms with van der Waals surface area (Å²) in [6.07, 6.45) is 1.32. The third-order valence-electron chi connectivity index (χ3n) is 4.28. The van der Waals surface area contributed by atoms with Crippen LogP contribution in [0.2, 0.25) is 0 Å². The van der Waals surface area contributed by atoms with Crippen molar-refractivity contribution in [2.24, 2.45) is 5.10 Å². The van der Waals surface area contributed by atoms with E-state index in [1.54, 1.807) is 30.3 Å². The smallest absolute Gasteiger partial charge is 0.329 e. The van der Waals surface area contributed by atoms with Crippen LogP contribution >= 0.6 is 0 Å². The number of carbonyl (C=O) groups is 2. The molecule has 0 unspecified atom stereocenters. The molecule has 2 N–H and O–H groups in total. The van der Waals surface area contributed by atoms with Gasteiger partial charge in [0.15, 0.2) is 11.5 Å². The fourth-order valence-corrected chi connectivity index (χ4v) is 2.69. The molecule has 170 valence electrons. The Kier molecular flexibility index (Phi) is 8.07. The van der Waals surface area contributed by atoms with E-state index in [0.717, 1.165) is 11.6 Å². The monoisotopic (exact) mass is 453 g/mol. The van der Waals surface area contributed by atoms with E-state index in [9.17, 15) is 18.4 Å². The van der Waals surface area contributed by atoms with Crippen molar-refractivity contribution in [1.82, 2.24) is 5.43 Å². The number of hydrogen-bond acceptors (Lipinski definition) is 5. The van der Waals surface area contributed by atoms with Gasteiger partial charge >= 0.3 is 11.8 Å². The number of nitrogens with zero attached hydrogens (tertiary/aromatic N) is 1. The first-order valence-corrected chi connectivity index (χ1v) is 9.99. The predicted molar refractivity (Wildman–Crippen MR) is 119 cm³/mol. The minimum Gasteiger partial charge on any atom is -0.490 e. The maximum absolute atomic E-state index is 13.6. The molecule has 0 fully saturated rings. The van der Waals surface area contributed by atoms with Gasteiger partial charge in [0.2, 0.25) is 0 Å². The van der Waals surface area contributed by atoms with Crippen molar-refractivity contribution in [1.29, 1.82) is 0 Å².